The molecule has 4 aromatic rings. The molecule has 2 amide bonds. The molecule has 7 heteroatoms. The first-order valence-electron chi connectivity index (χ1n) is 11.8. The van der Waals surface area contributed by atoms with Gasteiger partial charge in [0.2, 0.25) is 0 Å². The predicted octanol–water partition coefficient (Wildman–Crippen LogP) is 6.30. The van der Waals surface area contributed by atoms with Crippen molar-refractivity contribution in [2.24, 2.45) is 0 Å². The largest absolute Gasteiger partial charge is 0.445 e. The van der Waals surface area contributed by atoms with Crippen molar-refractivity contribution in [3.8, 4) is 11.1 Å². The molecule has 0 heterocycles. The molecule has 0 fully saturated rings. The van der Waals surface area contributed by atoms with E-state index >= 15 is 0 Å². The van der Waals surface area contributed by atoms with Crippen LogP contribution in [0.25, 0.3) is 11.1 Å². The van der Waals surface area contributed by atoms with Gasteiger partial charge in [-0.05, 0) is 59.0 Å². The normalized spacial score (nSPS) is 10.6. The van der Waals surface area contributed by atoms with Crippen molar-refractivity contribution in [3.63, 3.8) is 0 Å². The van der Waals surface area contributed by atoms with Crippen molar-refractivity contribution < 1.29 is 23.1 Å². The Balaban J connectivity index is 1.44. The van der Waals surface area contributed by atoms with Gasteiger partial charge in [0.1, 0.15) is 18.2 Å². The SMILES string of the molecule is Cc1ccc(CNC(=O)c2ccccc2-c2ccccc2CNC(=O)OCc2ccc(F)cc2)c(F)c1. The zero-order chi connectivity index (χ0) is 26.2. The van der Waals surface area contributed by atoms with Gasteiger partial charge in [0.25, 0.3) is 5.91 Å². The van der Waals surface area contributed by atoms with Crippen LogP contribution in [-0.2, 0) is 24.4 Å². The number of alkyl carbamates (subject to hydrolysis) is 1. The molecule has 0 saturated heterocycles. The van der Waals surface area contributed by atoms with Gasteiger partial charge < -0.3 is 15.4 Å². The topological polar surface area (TPSA) is 67.4 Å². The minimum absolute atomic E-state index is 0.0122. The number of hydrogen-bond acceptors (Lipinski definition) is 3. The molecule has 4 aromatic carbocycles. The fourth-order valence-electron chi connectivity index (χ4n) is 3.87. The van der Waals surface area contributed by atoms with E-state index in [-0.39, 0.29) is 37.2 Å². The first-order chi connectivity index (χ1) is 17.9. The maximum Gasteiger partial charge on any atom is 0.407 e. The van der Waals surface area contributed by atoms with E-state index in [2.05, 4.69) is 10.6 Å². The number of carbonyl (C=O) groups excluding carboxylic acids is 2. The summed E-state index contributed by atoms with van der Waals surface area (Å²) in [4.78, 5) is 25.3. The van der Waals surface area contributed by atoms with Crippen LogP contribution in [0.15, 0.2) is 91.0 Å². The highest BCUT2D eigenvalue weighted by Gasteiger charge is 2.16. The summed E-state index contributed by atoms with van der Waals surface area (Å²) in [6.45, 7) is 2.04. The number of carbonyl (C=O) groups is 2. The highest BCUT2D eigenvalue weighted by molar-refractivity contribution is 6.01. The van der Waals surface area contributed by atoms with Crippen LogP contribution in [0.3, 0.4) is 0 Å². The summed E-state index contributed by atoms with van der Waals surface area (Å²) in [5.41, 5.74) is 4.55. The third-order valence-corrected chi connectivity index (χ3v) is 5.83. The predicted molar refractivity (Wildman–Crippen MR) is 138 cm³/mol. The smallest absolute Gasteiger partial charge is 0.407 e. The lowest BCUT2D eigenvalue weighted by molar-refractivity contribution is 0.0951. The molecule has 188 valence electrons. The number of amides is 2. The second-order valence-electron chi connectivity index (χ2n) is 8.54. The fourth-order valence-corrected chi connectivity index (χ4v) is 3.87. The Labute approximate surface area is 214 Å². The Morgan fingerprint density at radius 2 is 1.43 bits per heavy atom. The molecule has 0 aliphatic heterocycles. The maximum atomic E-state index is 14.2. The minimum Gasteiger partial charge on any atom is -0.445 e. The zero-order valence-electron chi connectivity index (χ0n) is 20.3. The summed E-state index contributed by atoms with van der Waals surface area (Å²) in [7, 11) is 0. The van der Waals surface area contributed by atoms with Crippen molar-refractivity contribution in [3.05, 3.63) is 130 Å². The van der Waals surface area contributed by atoms with Crippen LogP contribution >= 0.6 is 0 Å². The molecule has 0 bridgehead atoms. The third kappa shape index (κ3) is 6.79. The van der Waals surface area contributed by atoms with Crippen molar-refractivity contribution >= 4 is 12.0 Å². The van der Waals surface area contributed by atoms with Crippen molar-refractivity contribution in [2.45, 2.75) is 26.6 Å². The fraction of sp³-hybridized carbons (Fsp3) is 0.133. The Bertz CT molecular complexity index is 1400. The monoisotopic (exact) mass is 500 g/mol. The lowest BCUT2D eigenvalue weighted by Gasteiger charge is -2.15. The van der Waals surface area contributed by atoms with Crippen LogP contribution in [-0.4, -0.2) is 12.0 Å². The van der Waals surface area contributed by atoms with Crippen molar-refractivity contribution in [1.29, 1.82) is 0 Å². The van der Waals surface area contributed by atoms with E-state index in [1.807, 2.05) is 36.4 Å². The van der Waals surface area contributed by atoms with Gasteiger partial charge >= 0.3 is 6.09 Å². The highest BCUT2D eigenvalue weighted by atomic mass is 19.1. The summed E-state index contributed by atoms with van der Waals surface area (Å²) < 4.78 is 32.5. The standard InChI is InChI=1S/C30H26F2N2O3/c1-20-10-13-23(28(32)16-20)18-33-29(35)27-9-5-4-8-26(27)25-7-3-2-6-22(25)17-34-30(36)37-19-21-11-14-24(31)15-12-21/h2-16H,17-19H2,1H3,(H,33,35)(H,34,36). The van der Waals surface area contributed by atoms with Crippen molar-refractivity contribution in [1.82, 2.24) is 10.6 Å². The van der Waals surface area contributed by atoms with Crippen LogP contribution in [0.2, 0.25) is 0 Å². The van der Waals surface area contributed by atoms with Crippen LogP contribution in [0.1, 0.15) is 32.6 Å². The van der Waals surface area contributed by atoms with Gasteiger partial charge in [0.15, 0.2) is 0 Å². The van der Waals surface area contributed by atoms with E-state index in [0.29, 0.717) is 22.3 Å². The molecule has 0 unspecified atom stereocenters. The maximum absolute atomic E-state index is 14.2. The molecule has 4 rings (SSSR count). The number of aryl methyl sites for hydroxylation is 1. The van der Waals surface area contributed by atoms with Gasteiger partial charge in [-0.15, -0.1) is 0 Å². The van der Waals surface area contributed by atoms with Crippen LogP contribution in [0.4, 0.5) is 13.6 Å². The Morgan fingerprint density at radius 3 is 2.19 bits per heavy atom. The minimum atomic E-state index is -0.620. The molecule has 2 N–H and O–H groups in total. The Kier molecular flexibility index (Phi) is 8.26. The van der Waals surface area contributed by atoms with Gasteiger partial charge in [0, 0.05) is 24.2 Å². The van der Waals surface area contributed by atoms with E-state index < -0.39 is 6.09 Å². The summed E-state index contributed by atoms with van der Waals surface area (Å²) in [5.74, 6) is -1.06. The number of benzene rings is 4. The molecule has 0 aliphatic carbocycles. The lowest BCUT2D eigenvalue weighted by Crippen LogP contribution is -2.25. The quantitative estimate of drug-likeness (QED) is 0.299. The lowest BCUT2D eigenvalue weighted by atomic mass is 9.95. The molecule has 0 saturated carbocycles. The van der Waals surface area contributed by atoms with Gasteiger partial charge in [-0.1, -0.05) is 66.7 Å². The average Bonchev–Trinajstić information content (AvgIpc) is 2.91. The summed E-state index contributed by atoms with van der Waals surface area (Å²) in [6.07, 6.45) is -0.620. The molecule has 5 nitrogen and oxygen atoms in total. The number of rotatable bonds is 8. The third-order valence-electron chi connectivity index (χ3n) is 5.83. The second kappa shape index (κ2) is 11.9. The molecular weight excluding hydrogens is 474 g/mol. The number of ether oxygens (including phenoxy) is 1. The molecule has 0 aromatic heterocycles. The summed E-state index contributed by atoms with van der Waals surface area (Å²) in [6, 6.07) is 25.1. The van der Waals surface area contributed by atoms with Gasteiger partial charge in [0.05, 0.1) is 0 Å². The average molecular weight is 501 g/mol. The van der Waals surface area contributed by atoms with Crippen LogP contribution in [0.5, 0.6) is 0 Å². The number of hydrogen-bond donors (Lipinski definition) is 2. The number of nitrogens with one attached hydrogen (secondary N) is 2. The second-order valence-corrected chi connectivity index (χ2v) is 8.54. The van der Waals surface area contributed by atoms with E-state index in [4.69, 9.17) is 4.74 Å². The highest BCUT2D eigenvalue weighted by Crippen LogP contribution is 2.27. The van der Waals surface area contributed by atoms with E-state index in [1.54, 1.807) is 43.3 Å². The van der Waals surface area contributed by atoms with Gasteiger partial charge in [-0.3, -0.25) is 4.79 Å². The van der Waals surface area contributed by atoms with E-state index in [0.717, 1.165) is 16.7 Å². The Morgan fingerprint density at radius 1 is 0.757 bits per heavy atom. The van der Waals surface area contributed by atoms with E-state index in [1.165, 1.54) is 18.2 Å². The Hall–Kier alpha value is -4.52. The van der Waals surface area contributed by atoms with Crippen LogP contribution in [0, 0.1) is 18.6 Å². The van der Waals surface area contributed by atoms with E-state index in [9.17, 15) is 18.4 Å². The molecule has 37 heavy (non-hydrogen) atoms. The van der Waals surface area contributed by atoms with Crippen molar-refractivity contribution in [2.75, 3.05) is 0 Å². The number of halogens is 2. The first-order valence-corrected chi connectivity index (χ1v) is 11.8. The first kappa shape index (κ1) is 25.6. The molecule has 0 spiro atoms. The van der Waals surface area contributed by atoms with Crippen LogP contribution < -0.4 is 10.6 Å². The van der Waals surface area contributed by atoms with Gasteiger partial charge in [-0.2, -0.15) is 0 Å². The molecule has 0 radical (unpaired) electrons. The molecular formula is C30H26F2N2O3. The summed E-state index contributed by atoms with van der Waals surface area (Å²) in [5, 5.41) is 5.52. The van der Waals surface area contributed by atoms with Gasteiger partial charge in [-0.25, -0.2) is 13.6 Å². The molecule has 0 aliphatic rings. The zero-order valence-corrected chi connectivity index (χ0v) is 20.3. The molecule has 0 atom stereocenters. The summed E-state index contributed by atoms with van der Waals surface area (Å²) >= 11 is 0.